The normalized spacial score (nSPS) is 13.7. The highest BCUT2D eigenvalue weighted by Gasteiger charge is 2.28. The van der Waals surface area contributed by atoms with E-state index in [9.17, 15) is 9.59 Å². The molecule has 32 heavy (non-hydrogen) atoms. The molecule has 1 aliphatic carbocycles. The first-order chi connectivity index (χ1) is 15.6. The van der Waals surface area contributed by atoms with E-state index in [1.807, 2.05) is 90.7 Å². The van der Waals surface area contributed by atoms with Gasteiger partial charge in [0.25, 0.3) is 0 Å². The number of nitrogens with one attached hydrogen (secondary N) is 1. The molecular weight excluding hydrogens is 396 g/mol. The molecule has 0 heterocycles. The number of nitrogens with zero attached hydrogens (tertiary/aromatic N) is 1. The molecule has 164 valence electrons. The molecular formula is C28H30N2O2. The summed E-state index contributed by atoms with van der Waals surface area (Å²) < 4.78 is 0. The summed E-state index contributed by atoms with van der Waals surface area (Å²) in [6.07, 6.45) is 4.42. The zero-order valence-corrected chi connectivity index (χ0v) is 18.6. The van der Waals surface area contributed by atoms with E-state index in [0.717, 1.165) is 53.7 Å². The zero-order chi connectivity index (χ0) is 22.3. The Balaban J connectivity index is 1.53. The maximum atomic E-state index is 13.4. The molecule has 1 aliphatic rings. The zero-order valence-electron chi connectivity index (χ0n) is 18.6. The van der Waals surface area contributed by atoms with Crippen LogP contribution in [0.3, 0.4) is 0 Å². The lowest BCUT2D eigenvalue weighted by molar-refractivity contribution is -0.122. The first kappa shape index (κ1) is 21.8. The molecule has 4 heteroatoms. The lowest BCUT2D eigenvalue weighted by atomic mass is 10.0. The van der Waals surface area contributed by atoms with Crippen molar-refractivity contribution in [2.75, 3.05) is 10.2 Å². The largest absolute Gasteiger partial charge is 0.326 e. The second-order valence-electron chi connectivity index (χ2n) is 8.66. The third kappa shape index (κ3) is 5.64. The van der Waals surface area contributed by atoms with Gasteiger partial charge in [-0.25, -0.2) is 0 Å². The van der Waals surface area contributed by atoms with Crippen LogP contribution < -0.4 is 10.2 Å². The molecule has 1 saturated carbocycles. The van der Waals surface area contributed by atoms with Crippen molar-refractivity contribution in [1.82, 2.24) is 0 Å². The molecule has 0 spiro atoms. The average Bonchev–Trinajstić information content (AvgIpc) is 3.33. The Kier molecular flexibility index (Phi) is 7.00. The van der Waals surface area contributed by atoms with Gasteiger partial charge in [0, 0.05) is 17.3 Å². The Bertz CT molecular complexity index is 1070. The van der Waals surface area contributed by atoms with Crippen LogP contribution in [0.2, 0.25) is 0 Å². The molecule has 0 saturated heterocycles. The minimum Gasteiger partial charge on any atom is -0.326 e. The van der Waals surface area contributed by atoms with Crippen LogP contribution in [-0.4, -0.2) is 11.8 Å². The molecule has 2 amide bonds. The van der Waals surface area contributed by atoms with Crippen molar-refractivity contribution >= 4 is 23.2 Å². The van der Waals surface area contributed by atoms with Gasteiger partial charge < -0.3 is 10.2 Å². The van der Waals surface area contributed by atoms with Crippen molar-refractivity contribution in [3.8, 4) is 0 Å². The predicted octanol–water partition coefficient (Wildman–Crippen LogP) is 5.90. The van der Waals surface area contributed by atoms with Gasteiger partial charge in [-0.15, -0.1) is 0 Å². The maximum absolute atomic E-state index is 13.4. The molecule has 4 nitrogen and oxygen atoms in total. The minimum absolute atomic E-state index is 0.0653. The summed E-state index contributed by atoms with van der Waals surface area (Å²) in [5.41, 5.74) is 4.75. The molecule has 0 aliphatic heterocycles. The lowest BCUT2D eigenvalue weighted by Crippen LogP contribution is -2.35. The van der Waals surface area contributed by atoms with E-state index in [0.29, 0.717) is 6.54 Å². The second kappa shape index (κ2) is 10.3. The van der Waals surface area contributed by atoms with Gasteiger partial charge in [0.1, 0.15) is 0 Å². The summed E-state index contributed by atoms with van der Waals surface area (Å²) in [5, 5.41) is 2.97. The Morgan fingerprint density at radius 3 is 2.34 bits per heavy atom. The standard InChI is InChI=1S/C28H30N2O2/c1-21-9-7-15-25(17-21)29-27(31)19-23-12-8-16-26(18-23)30(20-22-10-3-2-4-11-22)28(32)24-13-5-6-14-24/h2-4,7-12,15-18,24H,5-6,13-14,19-20H2,1H3,(H,29,31). The number of rotatable bonds is 7. The molecule has 4 rings (SSSR count). The van der Waals surface area contributed by atoms with Crippen molar-refractivity contribution < 1.29 is 9.59 Å². The van der Waals surface area contributed by atoms with Gasteiger partial charge in [-0.05, 0) is 60.7 Å². The third-order valence-corrected chi connectivity index (χ3v) is 6.04. The number of benzene rings is 3. The number of hydrogen-bond acceptors (Lipinski definition) is 2. The molecule has 3 aromatic rings. The lowest BCUT2D eigenvalue weighted by Gasteiger charge is -2.26. The average molecular weight is 427 g/mol. The van der Waals surface area contributed by atoms with Crippen LogP contribution in [0.15, 0.2) is 78.9 Å². The number of carbonyl (C=O) groups excluding carboxylic acids is 2. The highest BCUT2D eigenvalue weighted by molar-refractivity contribution is 5.96. The summed E-state index contributed by atoms with van der Waals surface area (Å²) in [6.45, 7) is 2.54. The SMILES string of the molecule is Cc1cccc(NC(=O)Cc2cccc(N(Cc3ccccc3)C(=O)C3CCCC3)c2)c1. The van der Waals surface area contributed by atoms with Gasteiger partial charge in [-0.2, -0.15) is 0 Å². The molecule has 0 atom stereocenters. The van der Waals surface area contributed by atoms with Crippen molar-refractivity contribution in [2.24, 2.45) is 5.92 Å². The van der Waals surface area contributed by atoms with Gasteiger partial charge >= 0.3 is 0 Å². The van der Waals surface area contributed by atoms with Crippen LogP contribution in [0.1, 0.15) is 42.4 Å². The van der Waals surface area contributed by atoms with Crippen molar-refractivity contribution in [2.45, 2.75) is 45.6 Å². The monoisotopic (exact) mass is 426 g/mol. The highest BCUT2D eigenvalue weighted by Crippen LogP contribution is 2.30. The van der Waals surface area contributed by atoms with Crippen LogP contribution >= 0.6 is 0 Å². The van der Waals surface area contributed by atoms with Gasteiger partial charge in [0.2, 0.25) is 11.8 Å². The number of aryl methyl sites for hydroxylation is 1. The second-order valence-corrected chi connectivity index (χ2v) is 8.66. The Labute approximate surface area is 190 Å². The summed E-state index contributed by atoms with van der Waals surface area (Å²) >= 11 is 0. The molecule has 0 bridgehead atoms. The van der Waals surface area contributed by atoms with Crippen LogP contribution in [0.25, 0.3) is 0 Å². The van der Waals surface area contributed by atoms with Crippen LogP contribution in [0, 0.1) is 12.8 Å². The quantitative estimate of drug-likeness (QED) is 0.511. The van der Waals surface area contributed by atoms with E-state index >= 15 is 0 Å². The summed E-state index contributed by atoms with van der Waals surface area (Å²) in [6, 6.07) is 25.7. The van der Waals surface area contributed by atoms with Crippen LogP contribution in [0.4, 0.5) is 11.4 Å². The first-order valence-corrected chi connectivity index (χ1v) is 11.4. The molecule has 1 N–H and O–H groups in total. The van der Waals surface area contributed by atoms with E-state index in [2.05, 4.69) is 5.32 Å². The summed E-state index contributed by atoms with van der Waals surface area (Å²) in [5.74, 6) is 0.212. The Morgan fingerprint density at radius 1 is 0.875 bits per heavy atom. The van der Waals surface area contributed by atoms with Gasteiger partial charge in [0.15, 0.2) is 0 Å². The van der Waals surface area contributed by atoms with E-state index in [1.54, 1.807) is 0 Å². The van der Waals surface area contributed by atoms with Crippen LogP contribution in [0.5, 0.6) is 0 Å². The van der Waals surface area contributed by atoms with Gasteiger partial charge in [-0.3, -0.25) is 9.59 Å². The number of anilines is 2. The van der Waals surface area contributed by atoms with Crippen molar-refractivity contribution in [1.29, 1.82) is 0 Å². The fourth-order valence-electron chi connectivity index (χ4n) is 4.40. The topological polar surface area (TPSA) is 49.4 Å². The summed E-state index contributed by atoms with van der Waals surface area (Å²) in [4.78, 5) is 27.9. The number of hydrogen-bond donors (Lipinski definition) is 1. The van der Waals surface area contributed by atoms with Gasteiger partial charge in [-0.1, -0.05) is 67.4 Å². The number of carbonyl (C=O) groups is 2. The third-order valence-electron chi connectivity index (χ3n) is 6.04. The van der Waals surface area contributed by atoms with Crippen LogP contribution in [-0.2, 0) is 22.6 Å². The van der Waals surface area contributed by atoms with Crippen molar-refractivity contribution in [3.05, 3.63) is 95.6 Å². The Morgan fingerprint density at radius 2 is 1.59 bits per heavy atom. The predicted molar refractivity (Wildman–Crippen MR) is 130 cm³/mol. The minimum atomic E-state index is -0.0653. The smallest absolute Gasteiger partial charge is 0.230 e. The van der Waals surface area contributed by atoms with E-state index < -0.39 is 0 Å². The maximum Gasteiger partial charge on any atom is 0.230 e. The molecule has 3 aromatic carbocycles. The molecule has 0 aromatic heterocycles. The highest BCUT2D eigenvalue weighted by atomic mass is 16.2. The first-order valence-electron chi connectivity index (χ1n) is 11.4. The van der Waals surface area contributed by atoms with Gasteiger partial charge in [0.05, 0.1) is 13.0 Å². The molecule has 0 unspecified atom stereocenters. The molecule has 1 fully saturated rings. The van der Waals surface area contributed by atoms with E-state index in [-0.39, 0.29) is 24.2 Å². The van der Waals surface area contributed by atoms with E-state index in [4.69, 9.17) is 0 Å². The fourth-order valence-corrected chi connectivity index (χ4v) is 4.40. The Hall–Kier alpha value is -3.40. The summed E-state index contributed by atoms with van der Waals surface area (Å²) in [7, 11) is 0. The van der Waals surface area contributed by atoms with Crippen molar-refractivity contribution in [3.63, 3.8) is 0 Å². The molecule has 0 radical (unpaired) electrons. The fraction of sp³-hybridized carbons (Fsp3) is 0.286. The van der Waals surface area contributed by atoms with E-state index in [1.165, 1.54) is 0 Å². The number of amides is 2.